The third-order valence-corrected chi connectivity index (χ3v) is 7.14. The third-order valence-electron chi connectivity index (χ3n) is 5.35. The molecule has 0 saturated heterocycles. The molecule has 0 aliphatic heterocycles. The predicted molar refractivity (Wildman–Crippen MR) is 125 cm³/mol. The van der Waals surface area contributed by atoms with Crippen LogP contribution in [0.1, 0.15) is 35.2 Å². The number of para-hydroxylation sites is 1. The van der Waals surface area contributed by atoms with Crippen LogP contribution in [0.4, 0.5) is 5.69 Å². The number of carbonyl (C=O) groups excluding carboxylic acids is 1. The molecule has 0 unspecified atom stereocenters. The highest BCUT2D eigenvalue weighted by Crippen LogP contribution is 2.24. The van der Waals surface area contributed by atoms with Gasteiger partial charge < -0.3 is 5.32 Å². The molecule has 3 aromatic carbocycles. The molecule has 0 bridgehead atoms. The molecule has 1 atom stereocenters. The molecule has 1 amide bonds. The Morgan fingerprint density at radius 2 is 1.55 bits per heavy atom. The normalized spacial score (nSPS) is 12.3. The second-order valence-corrected chi connectivity index (χ2v) is 9.66. The van der Waals surface area contributed by atoms with Gasteiger partial charge in [0.15, 0.2) is 0 Å². The molecule has 0 heterocycles. The maximum atomic E-state index is 13.4. The number of rotatable bonds is 7. The molecule has 0 spiro atoms. The Labute approximate surface area is 184 Å². The fourth-order valence-corrected chi connectivity index (χ4v) is 4.70. The highest BCUT2D eigenvalue weighted by molar-refractivity contribution is 7.92. The van der Waals surface area contributed by atoms with Crippen LogP contribution in [0.5, 0.6) is 0 Å². The van der Waals surface area contributed by atoms with Crippen molar-refractivity contribution < 1.29 is 13.2 Å². The van der Waals surface area contributed by atoms with Gasteiger partial charge >= 0.3 is 0 Å². The summed E-state index contributed by atoms with van der Waals surface area (Å²) in [6.07, 6.45) is 0. The summed E-state index contributed by atoms with van der Waals surface area (Å²) in [6, 6.07) is 21.1. The van der Waals surface area contributed by atoms with Gasteiger partial charge in [0.1, 0.15) is 6.54 Å². The zero-order valence-corrected chi connectivity index (χ0v) is 19.1. The monoisotopic (exact) mass is 436 g/mol. The Hall–Kier alpha value is -3.12. The SMILES string of the molecule is Cc1ccc(S(=O)(=O)N(CC(=O)N[C@H](C)c2ccc(C)c(C)c2)c2ccccc2)cc1. The fraction of sp³-hybridized carbons (Fsp3) is 0.240. The molecule has 0 aromatic heterocycles. The van der Waals surface area contributed by atoms with Crippen LogP contribution in [0.25, 0.3) is 0 Å². The summed E-state index contributed by atoms with van der Waals surface area (Å²) in [6.45, 7) is 7.54. The fourth-order valence-electron chi connectivity index (χ4n) is 3.28. The first-order valence-corrected chi connectivity index (χ1v) is 11.6. The quantitative estimate of drug-likeness (QED) is 0.585. The largest absolute Gasteiger partial charge is 0.348 e. The molecule has 31 heavy (non-hydrogen) atoms. The van der Waals surface area contributed by atoms with E-state index in [-0.39, 0.29) is 23.4 Å². The molecule has 162 valence electrons. The van der Waals surface area contributed by atoms with E-state index in [0.717, 1.165) is 21.0 Å². The lowest BCUT2D eigenvalue weighted by atomic mass is 10.0. The lowest BCUT2D eigenvalue weighted by Crippen LogP contribution is -2.41. The van der Waals surface area contributed by atoms with Crippen molar-refractivity contribution in [2.75, 3.05) is 10.8 Å². The van der Waals surface area contributed by atoms with Crippen molar-refractivity contribution in [2.45, 2.75) is 38.6 Å². The lowest BCUT2D eigenvalue weighted by Gasteiger charge is -2.25. The summed E-state index contributed by atoms with van der Waals surface area (Å²) < 4.78 is 27.9. The van der Waals surface area contributed by atoms with Crippen molar-refractivity contribution in [1.82, 2.24) is 5.32 Å². The van der Waals surface area contributed by atoms with Gasteiger partial charge in [-0.25, -0.2) is 8.42 Å². The first kappa shape index (κ1) is 22.6. The van der Waals surface area contributed by atoms with E-state index in [1.54, 1.807) is 48.5 Å². The number of hydrogen-bond donors (Lipinski definition) is 1. The zero-order chi connectivity index (χ0) is 22.6. The number of anilines is 1. The summed E-state index contributed by atoms with van der Waals surface area (Å²) in [5.41, 5.74) is 4.71. The van der Waals surface area contributed by atoms with Crippen LogP contribution < -0.4 is 9.62 Å². The molecule has 5 nitrogen and oxygen atoms in total. The van der Waals surface area contributed by atoms with E-state index < -0.39 is 10.0 Å². The van der Waals surface area contributed by atoms with Crippen molar-refractivity contribution in [1.29, 1.82) is 0 Å². The second-order valence-electron chi connectivity index (χ2n) is 7.79. The number of amides is 1. The van der Waals surface area contributed by atoms with E-state index in [2.05, 4.69) is 5.32 Å². The van der Waals surface area contributed by atoms with Crippen molar-refractivity contribution >= 4 is 21.6 Å². The van der Waals surface area contributed by atoms with Crippen LogP contribution in [-0.2, 0) is 14.8 Å². The number of hydrogen-bond acceptors (Lipinski definition) is 3. The maximum absolute atomic E-state index is 13.4. The molecular formula is C25H28N2O3S. The number of nitrogens with zero attached hydrogens (tertiary/aromatic N) is 1. The average molecular weight is 437 g/mol. The van der Waals surface area contributed by atoms with E-state index in [0.29, 0.717) is 5.69 Å². The van der Waals surface area contributed by atoms with Gasteiger partial charge in [-0.1, -0.05) is 54.1 Å². The van der Waals surface area contributed by atoms with Gasteiger partial charge in [0.2, 0.25) is 5.91 Å². The van der Waals surface area contributed by atoms with Crippen molar-refractivity contribution in [3.63, 3.8) is 0 Å². The smallest absolute Gasteiger partial charge is 0.264 e. The topological polar surface area (TPSA) is 66.5 Å². The molecule has 0 radical (unpaired) electrons. The summed E-state index contributed by atoms with van der Waals surface area (Å²) in [5, 5.41) is 2.93. The zero-order valence-electron chi connectivity index (χ0n) is 18.3. The van der Waals surface area contributed by atoms with Gasteiger partial charge in [-0.3, -0.25) is 9.10 Å². The Balaban J connectivity index is 1.86. The Morgan fingerprint density at radius 1 is 0.903 bits per heavy atom. The molecule has 0 fully saturated rings. The van der Waals surface area contributed by atoms with E-state index in [4.69, 9.17) is 0 Å². The van der Waals surface area contributed by atoms with Crippen LogP contribution in [0.2, 0.25) is 0 Å². The first-order valence-electron chi connectivity index (χ1n) is 10.2. The number of nitrogens with one attached hydrogen (secondary N) is 1. The van der Waals surface area contributed by atoms with Crippen LogP contribution in [0, 0.1) is 20.8 Å². The number of benzene rings is 3. The Kier molecular flexibility index (Phi) is 6.81. The van der Waals surface area contributed by atoms with Gasteiger partial charge in [0.05, 0.1) is 16.6 Å². The number of sulfonamides is 1. The minimum atomic E-state index is -3.91. The van der Waals surface area contributed by atoms with E-state index >= 15 is 0 Å². The Morgan fingerprint density at radius 3 is 2.16 bits per heavy atom. The van der Waals surface area contributed by atoms with Gasteiger partial charge in [0, 0.05) is 0 Å². The van der Waals surface area contributed by atoms with Crippen LogP contribution >= 0.6 is 0 Å². The summed E-state index contributed by atoms with van der Waals surface area (Å²) in [5.74, 6) is -0.370. The van der Waals surface area contributed by atoms with Gasteiger partial charge in [-0.05, 0) is 68.7 Å². The average Bonchev–Trinajstić information content (AvgIpc) is 2.74. The highest BCUT2D eigenvalue weighted by atomic mass is 32.2. The minimum absolute atomic E-state index is 0.150. The van der Waals surface area contributed by atoms with Gasteiger partial charge in [-0.2, -0.15) is 0 Å². The van der Waals surface area contributed by atoms with Crippen LogP contribution in [0.15, 0.2) is 77.7 Å². The lowest BCUT2D eigenvalue weighted by molar-refractivity contribution is -0.120. The molecule has 0 aliphatic carbocycles. The second kappa shape index (κ2) is 9.35. The molecule has 3 aromatic rings. The van der Waals surface area contributed by atoms with Crippen molar-refractivity contribution in [3.8, 4) is 0 Å². The summed E-state index contributed by atoms with van der Waals surface area (Å²) in [7, 11) is -3.91. The number of aryl methyl sites for hydroxylation is 3. The van der Waals surface area contributed by atoms with Gasteiger partial charge in [-0.15, -0.1) is 0 Å². The molecule has 1 N–H and O–H groups in total. The molecule has 0 saturated carbocycles. The minimum Gasteiger partial charge on any atom is -0.348 e. The number of carbonyl (C=O) groups is 1. The highest BCUT2D eigenvalue weighted by Gasteiger charge is 2.27. The van der Waals surface area contributed by atoms with Crippen LogP contribution in [-0.4, -0.2) is 20.9 Å². The molecular weight excluding hydrogens is 408 g/mol. The maximum Gasteiger partial charge on any atom is 0.264 e. The predicted octanol–water partition coefficient (Wildman–Crippen LogP) is 4.68. The molecule has 0 aliphatic rings. The Bertz CT molecular complexity index is 1160. The van der Waals surface area contributed by atoms with E-state index in [1.807, 2.05) is 52.0 Å². The summed E-state index contributed by atoms with van der Waals surface area (Å²) in [4.78, 5) is 13.0. The van der Waals surface area contributed by atoms with Crippen LogP contribution in [0.3, 0.4) is 0 Å². The summed E-state index contributed by atoms with van der Waals surface area (Å²) >= 11 is 0. The standard InChI is InChI=1S/C25H28N2O3S/c1-18-10-14-24(15-11-18)31(29,30)27(23-8-6-5-7-9-23)17-25(28)26-21(4)22-13-12-19(2)20(3)16-22/h5-16,21H,17H2,1-4H3,(H,26,28)/t21-/m1/s1. The molecule has 3 rings (SSSR count). The van der Waals surface area contributed by atoms with Gasteiger partial charge in [0.25, 0.3) is 10.0 Å². The molecule has 6 heteroatoms. The van der Waals surface area contributed by atoms with Crippen molar-refractivity contribution in [3.05, 3.63) is 95.1 Å². The van der Waals surface area contributed by atoms with Crippen molar-refractivity contribution in [2.24, 2.45) is 0 Å². The van der Waals surface area contributed by atoms with E-state index in [9.17, 15) is 13.2 Å². The third kappa shape index (κ3) is 5.33. The van der Waals surface area contributed by atoms with E-state index in [1.165, 1.54) is 5.56 Å². The first-order chi connectivity index (χ1) is 14.7.